The van der Waals surface area contributed by atoms with Crippen LogP contribution < -0.4 is 4.74 Å². The van der Waals surface area contributed by atoms with E-state index in [2.05, 4.69) is 15.9 Å². The lowest BCUT2D eigenvalue weighted by atomic mass is 10.2. The van der Waals surface area contributed by atoms with Crippen LogP contribution in [0, 0.1) is 0 Å². The van der Waals surface area contributed by atoms with Gasteiger partial charge in [0.1, 0.15) is 5.75 Å². The zero-order chi connectivity index (χ0) is 9.68. The van der Waals surface area contributed by atoms with Gasteiger partial charge in [0.15, 0.2) is 0 Å². The summed E-state index contributed by atoms with van der Waals surface area (Å²) in [6.45, 7) is 1.77. The second-order valence-electron chi connectivity index (χ2n) is 2.61. The van der Waals surface area contributed by atoms with Gasteiger partial charge in [-0.3, -0.25) is 4.79 Å². The number of halogens is 1. The molecule has 0 N–H and O–H groups in total. The first kappa shape index (κ1) is 10.3. The van der Waals surface area contributed by atoms with Crippen molar-refractivity contribution in [2.75, 3.05) is 0 Å². The van der Waals surface area contributed by atoms with E-state index in [1.807, 2.05) is 18.2 Å². The van der Waals surface area contributed by atoms with E-state index in [1.165, 1.54) is 0 Å². The number of hydrogen-bond donors (Lipinski definition) is 0. The Balaban J connectivity index is 2.71. The molecule has 0 aliphatic rings. The second kappa shape index (κ2) is 5.02. The minimum Gasteiger partial charge on any atom is -0.427 e. The molecule has 0 heterocycles. The average molecular weight is 243 g/mol. The third kappa shape index (κ3) is 3.19. The van der Waals surface area contributed by atoms with E-state index in [4.69, 9.17) is 4.74 Å². The highest BCUT2D eigenvalue weighted by molar-refractivity contribution is 9.08. The predicted molar refractivity (Wildman–Crippen MR) is 55.0 cm³/mol. The van der Waals surface area contributed by atoms with Crippen molar-refractivity contribution in [1.82, 2.24) is 0 Å². The van der Waals surface area contributed by atoms with Gasteiger partial charge in [-0.15, -0.1) is 0 Å². The molecule has 0 aliphatic heterocycles. The summed E-state index contributed by atoms with van der Waals surface area (Å²) < 4.78 is 5.05. The van der Waals surface area contributed by atoms with Crippen LogP contribution in [0.3, 0.4) is 0 Å². The molecule has 2 nitrogen and oxygen atoms in total. The fourth-order valence-corrected chi connectivity index (χ4v) is 1.24. The molecule has 1 aromatic carbocycles. The number of alkyl halides is 1. The Labute approximate surface area is 86.0 Å². The average Bonchev–Trinajstić information content (AvgIpc) is 2.18. The summed E-state index contributed by atoms with van der Waals surface area (Å²) in [6.07, 6.45) is 0.401. The van der Waals surface area contributed by atoms with Gasteiger partial charge in [0.2, 0.25) is 0 Å². The van der Waals surface area contributed by atoms with Crippen LogP contribution >= 0.6 is 15.9 Å². The second-order valence-corrected chi connectivity index (χ2v) is 3.17. The van der Waals surface area contributed by atoms with Gasteiger partial charge in [0.25, 0.3) is 0 Å². The maximum atomic E-state index is 10.9. The van der Waals surface area contributed by atoms with Gasteiger partial charge in [0.05, 0.1) is 0 Å². The highest BCUT2D eigenvalue weighted by Gasteiger charge is 2.01. The van der Waals surface area contributed by atoms with E-state index in [-0.39, 0.29) is 5.97 Å². The molecule has 1 rings (SSSR count). The third-order valence-electron chi connectivity index (χ3n) is 1.57. The fourth-order valence-electron chi connectivity index (χ4n) is 0.896. The van der Waals surface area contributed by atoms with Crippen molar-refractivity contribution in [2.45, 2.75) is 18.7 Å². The first-order valence-electron chi connectivity index (χ1n) is 4.12. The molecule has 0 aromatic heterocycles. The Bertz CT molecular complexity index is 297. The van der Waals surface area contributed by atoms with Crippen LogP contribution in [0.15, 0.2) is 24.3 Å². The third-order valence-corrected chi connectivity index (χ3v) is 2.22. The molecule has 1 aromatic rings. The maximum absolute atomic E-state index is 10.9. The quantitative estimate of drug-likeness (QED) is 0.463. The van der Waals surface area contributed by atoms with Gasteiger partial charge in [-0.05, 0) is 17.7 Å². The highest BCUT2D eigenvalue weighted by atomic mass is 79.9. The van der Waals surface area contributed by atoms with E-state index >= 15 is 0 Å². The van der Waals surface area contributed by atoms with Gasteiger partial charge in [-0.2, -0.15) is 0 Å². The standard InChI is InChI=1S/C10H11BrO2/c1-2-10(12)13-9-5-3-4-8(6-9)7-11/h3-6H,2,7H2,1H3. The number of rotatable bonds is 3. The maximum Gasteiger partial charge on any atom is 0.310 e. The van der Waals surface area contributed by atoms with E-state index < -0.39 is 0 Å². The van der Waals surface area contributed by atoms with Crippen LogP contribution in [0.5, 0.6) is 5.75 Å². The number of ether oxygens (including phenoxy) is 1. The molecule has 0 spiro atoms. The Morgan fingerprint density at radius 3 is 2.92 bits per heavy atom. The van der Waals surface area contributed by atoms with Crippen molar-refractivity contribution < 1.29 is 9.53 Å². The molecule has 0 radical (unpaired) electrons. The minimum absolute atomic E-state index is 0.202. The Morgan fingerprint density at radius 1 is 1.54 bits per heavy atom. The summed E-state index contributed by atoms with van der Waals surface area (Å²) in [6, 6.07) is 7.47. The van der Waals surface area contributed by atoms with Crippen LogP contribution in [0.4, 0.5) is 0 Å². The summed E-state index contributed by atoms with van der Waals surface area (Å²) in [5, 5.41) is 0.768. The topological polar surface area (TPSA) is 26.3 Å². The highest BCUT2D eigenvalue weighted by Crippen LogP contribution is 2.15. The molecule has 13 heavy (non-hydrogen) atoms. The minimum atomic E-state index is -0.202. The number of esters is 1. The van der Waals surface area contributed by atoms with Gasteiger partial charge < -0.3 is 4.74 Å². The summed E-state index contributed by atoms with van der Waals surface area (Å²) in [5.74, 6) is 0.413. The van der Waals surface area contributed by atoms with E-state index in [1.54, 1.807) is 13.0 Å². The van der Waals surface area contributed by atoms with Crippen molar-refractivity contribution in [3.63, 3.8) is 0 Å². The molecule has 0 atom stereocenters. The van der Waals surface area contributed by atoms with Crippen molar-refractivity contribution in [2.24, 2.45) is 0 Å². The molecule has 0 unspecified atom stereocenters. The van der Waals surface area contributed by atoms with Crippen LogP contribution in [0.25, 0.3) is 0 Å². The molecule has 0 saturated heterocycles. The Hall–Kier alpha value is -0.830. The molecule has 0 bridgehead atoms. The van der Waals surface area contributed by atoms with Crippen LogP contribution in [-0.2, 0) is 10.1 Å². The molecular formula is C10H11BrO2. The first-order valence-corrected chi connectivity index (χ1v) is 5.24. The van der Waals surface area contributed by atoms with E-state index in [9.17, 15) is 4.79 Å². The van der Waals surface area contributed by atoms with Gasteiger partial charge in [0, 0.05) is 11.8 Å². The molecular weight excluding hydrogens is 232 g/mol. The summed E-state index contributed by atoms with van der Waals surface area (Å²) in [5.41, 5.74) is 1.10. The summed E-state index contributed by atoms with van der Waals surface area (Å²) in [7, 11) is 0. The van der Waals surface area contributed by atoms with Crippen molar-refractivity contribution in [3.8, 4) is 5.75 Å². The lowest BCUT2D eigenvalue weighted by Gasteiger charge is -2.03. The number of carbonyl (C=O) groups is 1. The lowest BCUT2D eigenvalue weighted by molar-refractivity contribution is -0.134. The molecule has 3 heteroatoms. The fraction of sp³-hybridized carbons (Fsp3) is 0.300. The number of benzene rings is 1. The largest absolute Gasteiger partial charge is 0.427 e. The first-order chi connectivity index (χ1) is 6.26. The van der Waals surface area contributed by atoms with Crippen molar-refractivity contribution in [1.29, 1.82) is 0 Å². The molecule has 0 saturated carbocycles. The van der Waals surface area contributed by atoms with E-state index in [0.29, 0.717) is 12.2 Å². The van der Waals surface area contributed by atoms with Crippen molar-refractivity contribution >= 4 is 21.9 Å². The van der Waals surface area contributed by atoms with Gasteiger partial charge in [-0.25, -0.2) is 0 Å². The SMILES string of the molecule is CCC(=O)Oc1cccc(CBr)c1. The summed E-state index contributed by atoms with van der Waals surface area (Å²) >= 11 is 3.33. The number of carbonyl (C=O) groups excluding carboxylic acids is 1. The Morgan fingerprint density at radius 2 is 2.31 bits per heavy atom. The van der Waals surface area contributed by atoms with Crippen LogP contribution in [-0.4, -0.2) is 5.97 Å². The Kier molecular flexibility index (Phi) is 3.96. The zero-order valence-electron chi connectivity index (χ0n) is 7.42. The van der Waals surface area contributed by atoms with Gasteiger partial charge >= 0.3 is 5.97 Å². The molecule has 70 valence electrons. The van der Waals surface area contributed by atoms with Gasteiger partial charge in [-0.1, -0.05) is 35.0 Å². The number of hydrogen-bond acceptors (Lipinski definition) is 2. The summed E-state index contributed by atoms with van der Waals surface area (Å²) in [4.78, 5) is 10.9. The molecule has 0 amide bonds. The van der Waals surface area contributed by atoms with Crippen LogP contribution in [0.1, 0.15) is 18.9 Å². The lowest BCUT2D eigenvalue weighted by Crippen LogP contribution is -2.05. The van der Waals surface area contributed by atoms with Crippen LogP contribution in [0.2, 0.25) is 0 Å². The molecule has 0 aliphatic carbocycles. The van der Waals surface area contributed by atoms with E-state index in [0.717, 1.165) is 10.9 Å². The molecule has 0 fully saturated rings. The smallest absolute Gasteiger partial charge is 0.310 e. The van der Waals surface area contributed by atoms with Crippen molar-refractivity contribution in [3.05, 3.63) is 29.8 Å². The zero-order valence-corrected chi connectivity index (χ0v) is 9.00. The monoisotopic (exact) mass is 242 g/mol. The normalized spacial score (nSPS) is 9.69. The predicted octanol–water partition coefficient (Wildman–Crippen LogP) is 2.90.